The SMILES string of the molecule is C=C(CC)CC(C)c1cc(C#N)ccc1N=C(C)C. The zero-order chi connectivity index (χ0) is 14.4. The number of hydrogen-bond acceptors (Lipinski definition) is 2. The molecule has 100 valence electrons. The van der Waals surface area contributed by atoms with E-state index in [2.05, 4.69) is 31.5 Å². The summed E-state index contributed by atoms with van der Waals surface area (Å²) in [7, 11) is 0. The summed E-state index contributed by atoms with van der Waals surface area (Å²) in [5, 5.41) is 9.04. The zero-order valence-corrected chi connectivity index (χ0v) is 12.3. The van der Waals surface area contributed by atoms with Gasteiger partial charge in [0.1, 0.15) is 0 Å². The number of rotatable bonds is 5. The highest BCUT2D eigenvalue weighted by Gasteiger charge is 2.12. The van der Waals surface area contributed by atoms with E-state index in [9.17, 15) is 0 Å². The van der Waals surface area contributed by atoms with Gasteiger partial charge in [0.05, 0.1) is 17.3 Å². The van der Waals surface area contributed by atoms with Crippen molar-refractivity contribution < 1.29 is 0 Å². The highest BCUT2D eigenvalue weighted by Crippen LogP contribution is 2.32. The predicted molar refractivity (Wildman–Crippen MR) is 82.1 cm³/mol. The molecule has 0 saturated heterocycles. The maximum atomic E-state index is 9.04. The van der Waals surface area contributed by atoms with Crippen LogP contribution in [0.3, 0.4) is 0 Å². The summed E-state index contributed by atoms with van der Waals surface area (Å²) < 4.78 is 0. The lowest BCUT2D eigenvalue weighted by Crippen LogP contribution is -1.97. The van der Waals surface area contributed by atoms with Gasteiger partial charge in [0, 0.05) is 5.71 Å². The summed E-state index contributed by atoms with van der Waals surface area (Å²) in [5.41, 5.74) is 5.05. The van der Waals surface area contributed by atoms with Crippen LogP contribution in [0.5, 0.6) is 0 Å². The Morgan fingerprint density at radius 1 is 1.42 bits per heavy atom. The van der Waals surface area contributed by atoms with Crippen molar-refractivity contribution in [3.8, 4) is 6.07 Å². The fourth-order valence-electron chi connectivity index (χ4n) is 2.05. The summed E-state index contributed by atoms with van der Waals surface area (Å²) in [5.74, 6) is 0.332. The Balaban J connectivity index is 3.18. The van der Waals surface area contributed by atoms with Gasteiger partial charge in [-0.15, -0.1) is 0 Å². The van der Waals surface area contributed by atoms with Crippen molar-refractivity contribution in [1.82, 2.24) is 0 Å². The standard InChI is InChI=1S/C17H22N2/c1-6-13(4)9-14(5)16-10-15(11-18)7-8-17(16)19-12(2)3/h7-8,10,14H,4,6,9H2,1-3,5H3. The van der Waals surface area contributed by atoms with Crippen LogP contribution in [-0.2, 0) is 0 Å². The van der Waals surface area contributed by atoms with Crippen LogP contribution in [0.15, 0.2) is 35.3 Å². The molecular weight excluding hydrogens is 232 g/mol. The molecule has 1 aromatic carbocycles. The molecule has 0 aliphatic carbocycles. The lowest BCUT2D eigenvalue weighted by Gasteiger charge is -2.16. The molecule has 2 heteroatoms. The molecule has 0 aromatic heterocycles. The first kappa shape index (κ1) is 15.2. The van der Waals surface area contributed by atoms with Gasteiger partial charge in [-0.05, 0) is 56.4 Å². The summed E-state index contributed by atoms with van der Waals surface area (Å²) >= 11 is 0. The molecule has 0 aliphatic heterocycles. The highest BCUT2D eigenvalue weighted by atomic mass is 14.7. The highest BCUT2D eigenvalue weighted by molar-refractivity contribution is 5.82. The Morgan fingerprint density at radius 3 is 2.63 bits per heavy atom. The largest absolute Gasteiger partial charge is 0.258 e. The number of nitrogens with zero attached hydrogens (tertiary/aromatic N) is 2. The third-order valence-electron chi connectivity index (χ3n) is 3.13. The number of aliphatic imine (C=N–C) groups is 1. The maximum Gasteiger partial charge on any atom is 0.0991 e. The van der Waals surface area contributed by atoms with Crippen molar-refractivity contribution in [2.45, 2.75) is 46.5 Å². The second kappa shape index (κ2) is 6.89. The minimum atomic E-state index is 0.332. The van der Waals surface area contributed by atoms with Gasteiger partial charge in [0.2, 0.25) is 0 Å². The topological polar surface area (TPSA) is 36.1 Å². The first-order valence-electron chi connectivity index (χ1n) is 6.70. The average molecular weight is 254 g/mol. The van der Waals surface area contributed by atoms with Gasteiger partial charge in [0.15, 0.2) is 0 Å². The molecule has 0 saturated carbocycles. The van der Waals surface area contributed by atoms with Crippen LogP contribution in [0.2, 0.25) is 0 Å². The fourth-order valence-corrected chi connectivity index (χ4v) is 2.05. The van der Waals surface area contributed by atoms with Gasteiger partial charge in [0.25, 0.3) is 0 Å². The minimum Gasteiger partial charge on any atom is -0.258 e. The molecular formula is C17H22N2. The van der Waals surface area contributed by atoms with Crippen molar-refractivity contribution >= 4 is 11.4 Å². The Hall–Kier alpha value is -1.88. The fraction of sp³-hybridized carbons (Fsp3) is 0.412. The van der Waals surface area contributed by atoms with E-state index in [1.807, 2.05) is 32.0 Å². The van der Waals surface area contributed by atoms with Crippen molar-refractivity contribution in [3.63, 3.8) is 0 Å². The molecule has 1 atom stereocenters. The van der Waals surface area contributed by atoms with Crippen LogP contribution < -0.4 is 0 Å². The molecule has 0 heterocycles. The van der Waals surface area contributed by atoms with Crippen molar-refractivity contribution in [2.75, 3.05) is 0 Å². The Kier molecular flexibility index (Phi) is 5.51. The maximum absolute atomic E-state index is 9.04. The molecule has 1 aromatic rings. The number of hydrogen-bond donors (Lipinski definition) is 0. The molecule has 1 unspecified atom stereocenters. The van der Waals surface area contributed by atoms with E-state index in [1.54, 1.807) is 0 Å². The monoisotopic (exact) mass is 254 g/mol. The summed E-state index contributed by atoms with van der Waals surface area (Å²) in [6, 6.07) is 7.92. The van der Waals surface area contributed by atoms with Crippen LogP contribution in [-0.4, -0.2) is 5.71 Å². The minimum absolute atomic E-state index is 0.332. The van der Waals surface area contributed by atoms with Crippen LogP contribution >= 0.6 is 0 Å². The lowest BCUT2D eigenvalue weighted by molar-refractivity contribution is 0.734. The van der Waals surface area contributed by atoms with Crippen LogP contribution in [0, 0.1) is 11.3 Å². The molecule has 2 nitrogen and oxygen atoms in total. The smallest absolute Gasteiger partial charge is 0.0991 e. The number of allylic oxidation sites excluding steroid dienone is 1. The Bertz CT molecular complexity index is 529. The molecule has 0 fully saturated rings. The van der Waals surface area contributed by atoms with Crippen LogP contribution in [0.1, 0.15) is 57.6 Å². The Labute approximate surface area is 116 Å². The zero-order valence-electron chi connectivity index (χ0n) is 12.3. The molecule has 0 N–H and O–H groups in total. The van der Waals surface area contributed by atoms with Gasteiger partial charge in [-0.25, -0.2) is 0 Å². The molecule has 0 radical (unpaired) electrons. The third kappa shape index (κ3) is 4.37. The normalized spacial score (nSPS) is 11.5. The van der Waals surface area contributed by atoms with Gasteiger partial charge in [-0.2, -0.15) is 5.26 Å². The quantitative estimate of drug-likeness (QED) is 0.530. The van der Waals surface area contributed by atoms with E-state index < -0.39 is 0 Å². The molecule has 0 bridgehead atoms. The van der Waals surface area contributed by atoms with Gasteiger partial charge >= 0.3 is 0 Å². The molecule has 0 amide bonds. The van der Waals surface area contributed by atoms with E-state index >= 15 is 0 Å². The van der Waals surface area contributed by atoms with Gasteiger partial charge < -0.3 is 0 Å². The lowest BCUT2D eigenvalue weighted by atomic mass is 9.91. The summed E-state index contributed by atoms with van der Waals surface area (Å²) in [6.45, 7) is 12.3. The van der Waals surface area contributed by atoms with E-state index in [1.165, 1.54) is 5.57 Å². The van der Waals surface area contributed by atoms with E-state index in [0.29, 0.717) is 11.5 Å². The molecule has 0 spiro atoms. The second-order valence-electron chi connectivity index (χ2n) is 5.15. The summed E-state index contributed by atoms with van der Waals surface area (Å²) in [4.78, 5) is 4.57. The number of nitriles is 1. The molecule has 0 aliphatic rings. The second-order valence-corrected chi connectivity index (χ2v) is 5.15. The number of benzene rings is 1. The van der Waals surface area contributed by atoms with Crippen molar-refractivity contribution in [3.05, 3.63) is 41.5 Å². The van der Waals surface area contributed by atoms with Gasteiger partial charge in [-0.1, -0.05) is 26.0 Å². The average Bonchev–Trinajstić information content (AvgIpc) is 2.38. The first-order valence-corrected chi connectivity index (χ1v) is 6.70. The van der Waals surface area contributed by atoms with Gasteiger partial charge in [-0.3, -0.25) is 4.99 Å². The van der Waals surface area contributed by atoms with E-state index in [4.69, 9.17) is 5.26 Å². The van der Waals surface area contributed by atoms with Crippen molar-refractivity contribution in [1.29, 1.82) is 5.26 Å². The Morgan fingerprint density at radius 2 is 2.11 bits per heavy atom. The predicted octanol–water partition coefficient (Wildman–Crippen LogP) is 5.13. The molecule has 1 rings (SSSR count). The van der Waals surface area contributed by atoms with Crippen LogP contribution in [0.25, 0.3) is 0 Å². The molecule has 19 heavy (non-hydrogen) atoms. The third-order valence-corrected chi connectivity index (χ3v) is 3.13. The van der Waals surface area contributed by atoms with Crippen LogP contribution in [0.4, 0.5) is 5.69 Å². The first-order chi connectivity index (χ1) is 8.97. The van der Waals surface area contributed by atoms with Crippen molar-refractivity contribution in [2.24, 2.45) is 4.99 Å². The summed E-state index contributed by atoms with van der Waals surface area (Å²) in [6.07, 6.45) is 1.93. The van der Waals surface area contributed by atoms with E-state index in [-0.39, 0.29) is 0 Å². The van der Waals surface area contributed by atoms with E-state index in [0.717, 1.165) is 29.8 Å².